The summed E-state index contributed by atoms with van der Waals surface area (Å²) in [6.45, 7) is 0. The summed E-state index contributed by atoms with van der Waals surface area (Å²) in [4.78, 5) is 0. The van der Waals surface area contributed by atoms with Crippen molar-refractivity contribution < 1.29 is 0 Å². The molecule has 0 aliphatic carbocycles. The van der Waals surface area contributed by atoms with Crippen molar-refractivity contribution in [2.45, 2.75) is 0 Å². The Morgan fingerprint density at radius 1 is 1.80 bits per heavy atom. The number of rotatable bonds is 0. The third kappa shape index (κ3) is 0.613. The van der Waals surface area contributed by atoms with E-state index in [2.05, 4.69) is 16.1 Å². The summed E-state index contributed by atoms with van der Waals surface area (Å²) in [7, 11) is 0. The fourth-order valence-electron chi connectivity index (χ4n) is 0.144. The Kier molecular flexibility index (Phi) is 0.884. The summed E-state index contributed by atoms with van der Waals surface area (Å²) in [6.07, 6.45) is 0. The van der Waals surface area contributed by atoms with Crippen LogP contribution in [0, 0.1) is 5.88 Å². The molecule has 0 aromatic carbocycles. The lowest BCUT2D eigenvalue weighted by atomic mass is 11.5. The van der Waals surface area contributed by atoms with E-state index in [1.54, 1.807) is 0 Å². The number of azo groups is 1. The smallest absolute Gasteiger partial charge is 0.181 e. The predicted molar refractivity (Wildman–Crippen MR) is 20.6 cm³/mol. The van der Waals surface area contributed by atoms with E-state index in [4.69, 9.17) is 0 Å². The van der Waals surface area contributed by atoms with Crippen LogP contribution in [-0.4, -0.2) is 5.88 Å². The third-order valence-electron chi connectivity index (χ3n) is 0.298. The van der Waals surface area contributed by atoms with Gasteiger partial charge in [0, 0.05) is 0 Å². The molecule has 0 spiro atoms. The summed E-state index contributed by atoms with van der Waals surface area (Å²) in [5.41, 5.74) is 0. The first-order valence-corrected chi connectivity index (χ1v) is 2.22. The van der Waals surface area contributed by atoms with Crippen LogP contribution in [-0.2, 0) is 0 Å². The zero-order valence-electron chi connectivity index (χ0n) is 2.51. The van der Waals surface area contributed by atoms with Crippen LogP contribution in [0.15, 0.2) is 10.2 Å². The van der Waals surface area contributed by atoms with Crippen molar-refractivity contribution >= 4 is 11.8 Å². The maximum atomic E-state index is 3.56. The molecule has 0 fully saturated rings. The molecule has 1 heterocycles. The van der Waals surface area contributed by atoms with Gasteiger partial charge in [0.25, 0.3) is 0 Å². The lowest BCUT2D eigenvalue weighted by molar-refractivity contribution is 1.16. The molecule has 0 aromatic heterocycles. The minimum Gasteiger partial charge on any atom is -0.181 e. The quantitative estimate of drug-likeness (QED) is 0.434. The lowest BCUT2D eigenvalue weighted by Gasteiger charge is -1.62. The van der Waals surface area contributed by atoms with Gasteiger partial charge in [-0.2, -0.15) is 10.2 Å². The van der Waals surface area contributed by atoms with Crippen molar-refractivity contribution in [3.8, 4) is 0 Å². The van der Waals surface area contributed by atoms with Crippen LogP contribution in [0.3, 0.4) is 0 Å². The second-order valence-corrected chi connectivity index (χ2v) is 1.34. The van der Waals surface area contributed by atoms with Crippen molar-refractivity contribution in [2.75, 3.05) is 5.88 Å². The average molecular weight is 86.1 g/mol. The molecule has 0 unspecified atom stereocenters. The van der Waals surface area contributed by atoms with Crippen LogP contribution in [0.5, 0.6) is 0 Å². The molecule has 0 saturated carbocycles. The second kappa shape index (κ2) is 1.40. The number of hydrogen-bond acceptors (Lipinski definition) is 3. The first-order chi connectivity index (χ1) is 2.50. The lowest BCUT2D eigenvalue weighted by Crippen LogP contribution is -1.48. The van der Waals surface area contributed by atoms with Gasteiger partial charge in [-0.15, -0.1) is 0 Å². The topological polar surface area (TPSA) is 24.7 Å². The molecule has 1 aliphatic heterocycles. The van der Waals surface area contributed by atoms with Crippen molar-refractivity contribution in [3.63, 3.8) is 0 Å². The molecule has 2 radical (unpaired) electrons. The highest BCUT2D eigenvalue weighted by molar-refractivity contribution is 8.01. The normalized spacial score (nSPS) is 20.8. The van der Waals surface area contributed by atoms with E-state index >= 15 is 0 Å². The van der Waals surface area contributed by atoms with Gasteiger partial charge in [0.05, 0.1) is 0 Å². The largest absolute Gasteiger partial charge is 0.208 e. The van der Waals surface area contributed by atoms with Crippen molar-refractivity contribution in [1.82, 2.24) is 0 Å². The van der Waals surface area contributed by atoms with E-state index in [0.29, 0.717) is 0 Å². The van der Waals surface area contributed by atoms with E-state index in [9.17, 15) is 0 Å². The summed E-state index contributed by atoms with van der Waals surface area (Å²) >= 11 is 1.49. The molecule has 0 aromatic rings. The van der Waals surface area contributed by atoms with Crippen molar-refractivity contribution in [1.29, 1.82) is 0 Å². The summed E-state index contributed by atoms with van der Waals surface area (Å²) in [6, 6.07) is 0. The van der Waals surface area contributed by atoms with E-state index in [0.717, 1.165) is 5.88 Å². The Morgan fingerprint density at radius 2 is 2.80 bits per heavy atom. The van der Waals surface area contributed by atoms with E-state index < -0.39 is 0 Å². The molecule has 5 heavy (non-hydrogen) atoms. The van der Waals surface area contributed by atoms with Crippen LogP contribution in [0.25, 0.3) is 0 Å². The average Bonchev–Trinajstić information content (AvgIpc) is 1.76. The monoisotopic (exact) mass is 86.0 g/mol. The van der Waals surface area contributed by atoms with Gasteiger partial charge in [-0.25, -0.2) is 0 Å². The predicted octanol–water partition coefficient (Wildman–Crippen LogP) is 1.14. The Bertz CT molecular complexity index is 45.6. The maximum absolute atomic E-state index is 3.56. The van der Waals surface area contributed by atoms with Gasteiger partial charge in [-0.3, -0.25) is 0 Å². The fourth-order valence-corrected chi connectivity index (χ4v) is 0.433. The molecule has 2 nitrogen and oxygen atoms in total. The molecular weight excluding hydrogens is 84.1 g/mol. The van der Waals surface area contributed by atoms with E-state index in [-0.39, 0.29) is 0 Å². The van der Waals surface area contributed by atoms with Gasteiger partial charge in [-0.05, 0) is 0 Å². The maximum Gasteiger partial charge on any atom is 0.208 e. The summed E-state index contributed by atoms with van der Waals surface area (Å²) in [5.74, 6) is 3.36. The molecule has 1 aliphatic rings. The minimum absolute atomic E-state index is 0.764. The molecule has 3 heteroatoms. The van der Waals surface area contributed by atoms with Crippen LogP contribution < -0.4 is 0 Å². The van der Waals surface area contributed by atoms with Crippen LogP contribution in [0.4, 0.5) is 0 Å². The molecule has 0 amide bonds. The SMILES string of the molecule is [C]1N=NCS1. The van der Waals surface area contributed by atoms with E-state index in [1.807, 2.05) is 0 Å². The van der Waals surface area contributed by atoms with Crippen molar-refractivity contribution in [2.24, 2.45) is 10.2 Å². The first kappa shape index (κ1) is 3.15. The molecule has 0 bridgehead atoms. The van der Waals surface area contributed by atoms with Gasteiger partial charge in [0.2, 0.25) is 5.88 Å². The Hall–Kier alpha value is -0.0500. The molecule has 0 atom stereocenters. The van der Waals surface area contributed by atoms with Gasteiger partial charge in [0.1, 0.15) is 5.88 Å². The van der Waals surface area contributed by atoms with Gasteiger partial charge >= 0.3 is 0 Å². The van der Waals surface area contributed by atoms with Crippen LogP contribution in [0.1, 0.15) is 0 Å². The highest BCUT2D eigenvalue weighted by Crippen LogP contribution is 2.12. The standard InChI is InChI=1S/C2H2N2S/c1-3-4-2-5-1/h1H2. The number of thioether (sulfide) groups is 1. The van der Waals surface area contributed by atoms with Gasteiger partial charge < -0.3 is 0 Å². The molecular formula is C2H2N2S. The Labute approximate surface area is 34.7 Å². The van der Waals surface area contributed by atoms with Crippen LogP contribution >= 0.6 is 11.8 Å². The molecule has 26 valence electrons. The summed E-state index contributed by atoms with van der Waals surface area (Å²) < 4.78 is 0. The van der Waals surface area contributed by atoms with Crippen LogP contribution in [0.2, 0.25) is 0 Å². The van der Waals surface area contributed by atoms with Gasteiger partial charge in [-0.1, -0.05) is 11.8 Å². The van der Waals surface area contributed by atoms with Crippen molar-refractivity contribution in [3.05, 3.63) is 5.88 Å². The Balaban J connectivity index is 2.32. The third-order valence-corrected chi connectivity index (χ3v) is 0.754. The fraction of sp³-hybridized carbons (Fsp3) is 0.500. The minimum atomic E-state index is 0.764. The molecule has 0 saturated heterocycles. The number of hydrogen-bond donors (Lipinski definition) is 0. The first-order valence-electron chi connectivity index (χ1n) is 1.23. The second-order valence-electron chi connectivity index (χ2n) is 0.606. The highest BCUT2D eigenvalue weighted by Gasteiger charge is 1.90. The van der Waals surface area contributed by atoms with Gasteiger partial charge in [0.15, 0.2) is 0 Å². The Morgan fingerprint density at radius 3 is 3.00 bits per heavy atom. The molecule has 1 rings (SSSR count). The zero-order chi connectivity index (χ0) is 3.54. The summed E-state index contributed by atoms with van der Waals surface area (Å²) in [5, 5.41) is 6.98. The van der Waals surface area contributed by atoms with E-state index in [1.165, 1.54) is 11.8 Å². The zero-order valence-corrected chi connectivity index (χ0v) is 3.33. The highest BCUT2D eigenvalue weighted by atomic mass is 32.2. The molecule has 0 N–H and O–H groups in total. The number of nitrogens with zero attached hydrogens (tertiary/aromatic N) is 2.